The van der Waals surface area contributed by atoms with Gasteiger partial charge in [0.1, 0.15) is 10.7 Å². The molecule has 1 aromatic carbocycles. The summed E-state index contributed by atoms with van der Waals surface area (Å²) in [6.45, 7) is 6.92. The lowest BCUT2D eigenvalue weighted by molar-refractivity contribution is -0.0379. The highest BCUT2D eigenvalue weighted by Gasteiger charge is 2.31. The van der Waals surface area contributed by atoms with Crippen LogP contribution in [0.15, 0.2) is 35.5 Å². The molecule has 138 valence electrons. The van der Waals surface area contributed by atoms with Crippen molar-refractivity contribution in [3.05, 3.63) is 52.2 Å². The van der Waals surface area contributed by atoms with Gasteiger partial charge in [0.05, 0.1) is 17.6 Å². The average Bonchev–Trinajstić information content (AvgIpc) is 3.20. The molecule has 1 aliphatic rings. The second-order valence-corrected chi connectivity index (χ2v) is 9.51. The summed E-state index contributed by atoms with van der Waals surface area (Å²) in [4.78, 5) is 7.32. The topological polar surface area (TPSA) is 52.3 Å². The van der Waals surface area contributed by atoms with Gasteiger partial charge in [-0.05, 0) is 31.9 Å². The van der Waals surface area contributed by atoms with Crippen molar-refractivity contribution in [2.45, 2.75) is 50.3 Å². The van der Waals surface area contributed by atoms with Crippen LogP contribution in [0.3, 0.4) is 0 Å². The molecule has 0 saturated heterocycles. The van der Waals surface area contributed by atoms with Crippen LogP contribution in [-0.2, 0) is 23.5 Å². The van der Waals surface area contributed by atoms with E-state index < -0.39 is 0 Å². The van der Waals surface area contributed by atoms with E-state index in [1.165, 1.54) is 16.0 Å². The zero-order valence-corrected chi connectivity index (χ0v) is 17.2. The molecule has 5 rings (SSSR count). The number of benzene rings is 1. The molecular weight excluding hydrogens is 376 g/mol. The molecule has 0 unspecified atom stereocenters. The lowest BCUT2D eigenvalue weighted by Crippen LogP contribution is -2.31. The molecule has 0 amide bonds. The maximum atomic E-state index is 6.01. The van der Waals surface area contributed by atoms with Crippen molar-refractivity contribution in [3.8, 4) is 0 Å². The molecule has 27 heavy (non-hydrogen) atoms. The first-order valence-electron chi connectivity index (χ1n) is 8.98. The Morgan fingerprint density at radius 2 is 2.04 bits per heavy atom. The Morgan fingerprint density at radius 1 is 1.22 bits per heavy atom. The summed E-state index contributed by atoms with van der Waals surface area (Å²) in [5.74, 6) is 1.74. The fourth-order valence-electron chi connectivity index (χ4n) is 3.56. The molecule has 3 aromatic heterocycles. The Balaban J connectivity index is 1.65. The molecule has 1 aliphatic heterocycles. The molecular formula is C20H20N4OS2. The summed E-state index contributed by atoms with van der Waals surface area (Å²) in [6.07, 6.45) is 0.877. The molecule has 4 heterocycles. The van der Waals surface area contributed by atoms with Crippen LogP contribution < -0.4 is 0 Å². The summed E-state index contributed by atoms with van der Waals surface area (Å²) in [6, 6.07) is 10.5. The normalized spacial score (nSPS) is 16.1. The summed E-state index contributed by atoms with van der Waals surface area (Å²) < 4.78 is 8.11. The quantitative estimate of drug-likeness (QED) is 0.368. The minimum atomic E-state index is -0.159. The molecule has 0 radical (unpaired) electrons. The van der Waals surface area contributed by atoms with Crippen LogP contribution in [0.5, 0.6) is 0 Å². The van der Waals surface area contributed by atoms with Crippen molar-refractivity contribution in [1.29, 1.82) is 0 Å². The maximum absolute atomic E-state index is 6.01. The summed E-state index contributed by atoms with van der Waals surface area (Å²) in [5.41, 5.74) is 3.37. The SMILES string of the molecule is Cc1nnc2c3c4c(sc3nc(SCc3ccccc3)n12)COC(C)(C)C4. The van der Waals surface area contributed by atoms with Gasteiger partial charge in [0.15, 0.2) is 10.8 Å². The van der Waals surface area contributed by atoms with Gasteiger partial charge in [-0.1, -0.05) is 42.1 Å². The lowest BCUT2D eigenvalue weighted by Gasteiger charge is -2.30. The van der Waals surface area contributed by atoms with Gasteiger partial charge in [-0.15, -0.1) is 21.5 Å². The van der Waals surface area contributed by atoms with E-state index in [2.05, 4.69) is 52.7 Å². The van der Waals surface area contributed by atoms with E-state index in [9.17, 15) is 0 Å². The van der Waals surface area contributed by atoms with E-state index in [0.717, 1.165) is 39.0 Å². The van der Waals surface area contributed by atoms with Gasteiger partial charge >= 0.3 is 0 Å². The van der Waals surface area contributed by atoms with E-state index >= 15 is 0 Å². The van der Waals surface area contributed by atoms with E-state index in [0.29, 0.717) is 6.61 Å². The molecule has 0 aliphatic carbocycles. The van der Waals surface area contributed by atoms with Crippen molar-refractivity contribution in [2.75, 3.05) is 0 Å². The van der Waals surface area contributed by atoms with Gasteiger partial charge in [0.2, 0.25) is 0 Å². The van der Waals surface area contributed by atoms with E-state index in [4.69, 9.17) is 9.72 Å². The fraction of sp³-hybridized carbons (Fsp3) is 0.350. The smallest absolute Gasteiger partial charge is 0.177 e. The second-order valence-electron chi connectivity index (χ2n) is 7.48. The van der Waals surface area contributed by atoms with Crippen molar-refractivity contribution >= 4 is 39.0 Å². The van der Waals surface area contributed by atoms with Gasteiger partial charge in [0, 0.05) is 17.1 Å². The molecule has 0 N–H and O–H groups in total. The number of rotatable bonds is 3. The zero-order valence-electron chi connectivity index (χ0n) is 15.5. The van der Waals surface area contributed by atoms with Crippen LogP contribution in [0, 0.1) is 6.92 Å². The monoisotopic (exact) mass is 396 g/mol. The Morgan fingerprint density at radius 3 is 2.85 bits per heavy atom. The van der Waals surface area contributed by atoms with Gasteiger partial charge in [-0.3, -0.25) is 4.40 Å². The number of thiophene rings is 1. The van der Waals surface area contributed by atoms with Crippen molar-refractivity contribution in [2.24, 2.45) is 0 Å². The van der Waals surface area contributed by atoms with E-state index in [1.807, 2.05) is 13.0 Å². The molecule has 0 saturated carbocycles. The largest absolute Gasteiger partial charge is 0.370 e. The Labute approximate surface area is 165 Å². The highest BCUT2D eigenvalue weighted by atomic mass is 32.2. The Kier molecular flexibility index (Phi) is 4.00. The first kappa shape index (κ1) is 17.2. The summed E-state index contributed by atoms with van der Waals surface area (Å²) >= 11 is 3.46. The third-order valence-electron chi connectivity index (χ3n) is 4.92. The molecule has 7 heteroatoms. The van der Waals surface area contributed by atoms with Crippen LogP contribution in [0.1, 0.15) is 35.7 Å². The number of nitrogens with zero attached hydrogens (tertiary/aromatic N) is 4. The van der Waals surface area contributed by atoms with E-state index in [-0.39, 0.29) is 5.60 Å². The fourth-order valence-corrected chi connectivity index (χ4v) is 5.70. The van der Waals surface area contributed by atoms with Crippen molar-refractivity contribution in [3.63, 3.8) is 0 Å². The zero-order chi connectivity index (χ0) is 18.6. The Hall–Kier alpha value is -1.96. The predicted octanol–water partition coefficient (Wildman–Crippen LogP) is 4.79. The number of fused-ring (bicyclic) bond motifs is 5. The van der Waals surface area contributed by atoms with Crippen molar-refractivity contribution < 1.29 is 4.74 Å². The van der Waals surface area contributed by atoms with Gasteiger partial charge in [-0.2, -0.15) is 0 Å². The third-order valence-corrected chi connectivity index (χ3v) is 7.03. The van der Waals surface area contributed by atoms with Crippen molar-refractivity contribution in [1.82, 2.24) is 19.6 Å². The molecule has 4 aromatic rings. The highest BCUT2D eigenvalue weighted by molar-refractivity contribution is 7.98. The van der Waals surface area contributed by atoms with Gasteiger partial charge < -0.3 is 4.74 Å². The third kappa shape index (κ3) is 2.94. The van der Waals surface area contributed by atoms with Gasteiger partial charge in [0.25, 0.3) is 0 Å². The van der Waals surface area contributed by atoms with Crippen LogP contribution in [0.2, 0.25) is 0 Å². The first-order valence-corrected chi connectivity index (χ1v) is 10.8. The average molecular weight is 397 g/mol. The molecule has 0 fully saturated rings. The van der Waals surface area contributed by atoms with Gasteiger partial charge in [-0.25, -0.2) is 4.98 Å². The Bertz CT molecular complexity index is 1150. The second kappa shape index (κ2) is 6.29. The summed E-state index contributed by atoms with van der Waals surface area (Å²) in [7, 11) is 0. The predicted molar refractivity (Wildman–Crippen MR) is 109 cm³/mol. The standard InChI is InChI=1S/C20H20N4OS2/c1-12-22-23-17-16-14-9-20(2,3)25-10-15(14)27-18(16)21-19(24(12)17)26-11-13-7-5-4-6-8-13/h4-8H,9-11H2,1-3H3. The number of hydrogen-bond donors (Lipinski definition) is 0. The number of ether oxygens (including phenoxy) is 1. The van der Waals surface area contributed by atoms with Crippen LogP contribution in [-0.4, -0.2) is 25.2 Å². The number of thioether (sulfide) groups is 1. The lowest BCUT2D eigenvalue weighted by atomic mass is 9.94. The highest BCUT2D eigenvalue weighted by Crippen LogP contribution is 2.41. The van der Waals surface area contributed by atoms with Crippen LogP contribution in [0.25, 0.3) is 15.9 Å². The number of hydrogen-bond acceptors (Lipinski definition) is 6. The van der Waals surface area contributed by atoms with Crippen LogP contribution >= 0.6 is 23.1 Å². The molecule has 5 nitrogen and oxygen atoms in total. The van der Waals surface area contributed by atoms with Crippen LogP contribution in [0.4, 0.5) is 0 Å². The molecule has 0 atom stereocenters. The summed E-state index contributed by atoms with van der Waals surface area (Å²) in [5, 5.41) is 11.0. The number of aromatic nitrogens is 4. The molecule has 0 bridgehead atoms. The maximum Gasteiger partial charge on any atom is 0.177 e. The minimum absolute atomic E-state index is 0.159. The first-order chi connectivity index (χ1) is 13.0. The number of aryl methyl sites for hydroxylation is 1. The molecule has 0 spiro atoms. The van der Waals surface area contributed by atoms with E-state index in [1.54, 1.807) is 23.1 Å². The minimum Gasteiger partial charge on any atom is -0.370 e.